The van der Waals surface area contributed by atoms with Crippen LogP contribution < -0.4 is 5.32 Å². The lowest BCUT2D eigenvalue weighted by Gasteiger charge is -2.01. The van der Waals surface area contributed by atoms with Crippen LogP contribution in [0.1, 0.15) is 17.3 Å². The van der Waals surface area contributed by atoms with Crippen molar-refractivity contribution in [1.82, 2.24) is 15.0 Å². The minimum atomic E-state index is 0.352. The number of halogens is 1. The van der Waals surface area contributed by atoms with E-state index in [1.54, 1.807) is 6.20 Å². The standard InChI is InChI=1S/C10H11ClN4O/c1-6-7(2)16-10(14-6)5-13-9-4-12-3-8(11)15-9/h3-4H,5H2,1-2H3,(H,13,15). The molecule has 2 aromatic heterocycles. The molecular weight excluding hydrogens is 228 g/mol. The molecule has 0 saturated carbocycles. The van der Waals surface area contributed by atoms with E-state index in [1.807, 2.05) is 13.8 Å². The highest BCUT2D eigenvalue weighted by molar-refractivity contribution is 6.29. The molecule has 16 heavy (non-hydrogen) atoms. The molecule has 0 spiro atoms. The van der Waals surface area contributed by atoms with Crippen LogP contribution in [0.2, 0.25) is 5.15 Å². The second kappa shape index (κ2) is 4.49. The number of rotatable bonds is 3. The van der Waals surface area contributed by atoms with E-state index in [-0.39, 0.29) is 0 Å². The molecule has 0 aliphatic carbocycles. The van der Waals surface area contributed by atoms with Crippen LogP contribution >= 0.6 is 11.6 Å². The summed E-state index contributed by atoms with van der Waals surface area (Å²) in [6.07, 6.45) is 3.07. The van der Waals surface area contributed by atoms with Crippen molar-refractivity contribution >= 4 is 17.4 Å². The molecule has 0 aliphatic heterocycles. The van der Waals surface area contributed by atoms with E-state index in [0.29, 0.717) is 23.4 Å². The molecule has 0 bridgehead atoms. The molecule has 0 amide bonds. The van der Waals surface area contributed by atoms with Gasteiger partial charge in [-0.1, -0.05) is 11.6 Å². The number of anilines is 1. The fraction of sp³-hybridized carbons (Fsp3) is 0.300. The molecule has 2 heterocycles. The lowest BCUT2D eigenvalue weighted by atomic mass is 10.4. The van der Waals surface area contributed by atoms with E-state index < -0.39 is 0 Å². The molecule has 2 aromatic rings. The van der Waals surface area contributed by atoms with E-state index in [4.69, 9.17) is 16.0 Å². The summed E-state index contributed by atoms with van der Waals surface area (Å²) in [5.41, 5.74) is 0.897. The Bertz CT molecular complexity index is 478. The van der Waals surface area contributed by atoms with Gasteiger partial charge in [-0.05, 0) is 13.8 Å². The SMILES string of the molecule is Cc1nc(CNc2cncc(Cl)n2)oc1C. The van der Waals surface area contributed by atoms with Gasteiger partial charge < -0.3 is 9.73 Å². The van der Waals surface area contributed by atoms with Gasteiger partial charge in [0.15, 0.2) is 0 Å². The Balaban J connectivity index is 2.02. The molecule has 6 heteroatoms. The van der Waals surface area contributed by atoms with E-state index in [9.17, 15) is 0 Å². The predicted octanol–water partition coefficient (Wildman–Crippen LogP) is 2.35. The first kappa shape index (κ1) is 10.9. The van der Waals surface area contributed by atoms with Crippen LogP contribution in [0.25, 0.3) is 0 Å². The molecule has 0 radical (unpaired) electrons. The summed E-state index contributed by atoms with van der Waals surface area (Å²) in [6, 6.07) is 0. The van der Waals surface area contributed by atoms with Gasteiger partial charge in [0.05, 0.1) is 24.6 Å². The highest BCUT2D eigenvalue weighted by Crippen LogP contribution is 2.11. The largest absolute Gasteiger partial charge is 0.444 e. The van der Waals surface area contributed by atoms with Gasteiger partial charge in [-0.15, -0.1) is 0 Å². The van der Waals surface area contributed by atoms with Crippen LogP contribution in [0.5, 0.6) is 0 Å². The Labute approximate surface area is 97.9 Å². The highest BCUT2D eigenvalue weighted by atomic mass is 35.5. The first-order valence-corrected chi connectivity index (χ1v) is 5.17. The van der Waals surface area contributed by atoms with Crippen molar-refractivity contribution in [1.29, 1.82) is 0 Å². The van der Waals surface area contributed by atoms with Gasteiger partial charge in [-0.25, -0.2) is 9.97 Å². The van der Waals surface area contributed by atoms with Crippen molar-refractivity contribution in [2.75, 3.05) is 5.32 Å². The lowest BCUT2D eigenvalue weighted by Crippen LogP contribution is -2.02. The molecule has 0 saturated heterocycles. The molecular formula is C10H11ClN4O. The monoisotopic (exact) mass is 238 g/mol. The molecule has 1 N–H and O–H groups in total. The van der Waals surface area contributed by atoms with E-state index in [1.165, 1.54) is 6.20 Å². The number of hydrogen-bond donors (Lipinski definition) is 1. The van der Waals surface area contributed by atoms with Crippen LogP contribution in [0, 0.1) is 13.8 Å². The van der Waals surface area contributed by atoms with Gasteiger partial charge in [0.2, 0.25) is 5.89 Å². The van der Waals surface area contributed by atoms with Crippen LogP contribution in [-0.2, 0) is 6.54 Å². The second-order valence-electron chi connectivity index (χ2n) is 3.33. The van der Waals surface area contributed by atoms with Gasteiger partial charge in [-0.3, -0.25) is 4.98 Å². The molecule has 0 fully saturated rings. The molecule has 0 unspecified atom stereocenters. The third kappa shape index (κ3) is 2.49. The Morgan fingerprint density at radius 1 is 1.31 bits per heavy atom. The summed E-state index contributed by atoms with van der Waals surface area (Å²) in [7, 11) is 0. The maximum absolute atomic E-state index is 5.70. The number of nitrogens with zero attached hydrogens (tertiary/aromatic N) is 3. The lowest BCUT2D eigenvalue weighted by molar-refractivity contribution is 0.478. The Hall–Kier alpha value is -1.62. The fourth-order valence-corrected chi connectivity index (χ4v) is 1.36. The molecule has 0 aliphatic rings. The number of nitrogens with one attached hydrogen (secondary N) is 1. The predicted molar refractivity (Wildman–Crippen MR) is 60.3 cm³/mol. The van der Waals surface area contributed by atoms with Crippen molar-refractivity contribution < 1.29 is 4.42 Å². The smallest absolute Gasteiger partial charge is 0.213 e. The van der Waals surface area contributed by atoms with Gasteiger partial charge in [-0.2, -0.15) is 0 Å². The third-order valence-corrected chi connectivity index (χ3v) is 2.28. The van der Waals surface area contributed by atoms with Crippen LogP contribution in [-0.4, -0.2) is 15.0 Å². The van der Waals surface area contributed by atoms with Gasteiger partial charge in [0, 0.05) is 0 Å². The highest BCUT2D eigenvalue weighted by Gasteiger charge is 2.05. The summed E-state index contributed by atoms with van der Waals surface area (Å²) in [6.45, 7) is 4.25. The maximum Gasteiger partial charge on any atom is 0.213 e. The Morgan fingerprint density at radius 2 is 2.12 bits per heavy atom. The molecule has 0 atom stereocenters. The first-order valence-electron chi connectivity index (χ1n) is 4.79. The van der Waals surface area contributed by atoms with Crippen LogP contribution in [0.4, 0.5) is 5.82 Å². The Kier molecular flexibility index (Phi) is 3.05. The minimum absolute atomic E-state index is 0.352. The van der Waals surface area contributed by atoms with Gasteiger partial charge in [0.1, 0.15) is 16.7 Å². The molecule has 0 aromatic carbocycles. The molecule has 2 rings (SSSR count). The zero-order chi connectivity index (χ0) is 11.5. The van der Waals surface area contributed by atoms with Crippen LogP contribution in [0.15, 0.2) is 16.8 Å². The van der Waals surface area contributed by atoms with E-state index >= 15 is 0 Å². The van der Waals surface area contributed by atoms with Crippen molar-refractivity contribution in [2.45, 2.75) is 20.4 Å². The van der Waals surface area contributed by atoms with Gasteiger partial charge >= 0.3 is 0 Å². The zero-order valence-electron chi connectivity index (χ0n) is 8.99. The summed E-state index contributed by atoms with van der Waals surface area (Å²) >= 11 is 5.70. The Morgan fingerprint density at radius 3 is 2.75 bits per heavy atom. The summed E-state index contributed by atoms with van der Waals surface area (Å²) < 4.78 is 5.41. The average Bonchev–Trinajstić information content (AvgIpc) is 2.56. The number of hydrogen-bond acceptors (Lipinski definition) is 5. The number of oxazole rings is 1. The molecule has 84 valence electrons. The first-order chi connectivity index (χ1) is 7.65. The topological polar surface area (TPSA) is 63.8 Å². The number of aryl methyl sites for hydroxylation is 2. The summed E-state index contributed by atoms with van der Waals surface area (Å²) in [5, 5.41) is 3.38. The third-order valence-electron chi connectivity index (χ3n) is 2.10. The van der Waals surface area contributed by atoms with Crippen molar-refractivity contribution in [3.05, 3.63) is 34.9 Å². The van der Waals surface area contributed by atoms with Crippen molar-refractivity contribution in [2.24, 2.45) is 0 Å². The van der Waals surface area contributed by atoms with Gasteiger partial charge in [0.25, 0.3) is 0 Å². The maximum atomic E-state index is 5.70. The average molecular weight is 239 g/mol. The summed E-state index contributed by atoms with van der Waals surface area (Å²) in [4.78, 5) is 12.2. The zero-order valence-corrected chi connectivity index (χ0v) is 9.75. The molecule has 5 nitrogen and oxygen atoms in total. The normalized spacial score (nSPS) is 10.4. The van der Waals surface area contributed by atoms with Crippen molar-refractivity contribution in [3.63, 3.8) is 0 Å². The minimum Gasteiger partial charge on any atom is -0.444 e. The van der Waals surface area contributed by atoms with Crippen LogP contribution in [0.3, 0.4) is 0 Å². The fourth-order valence-electron chi connectivity index (χ4n) is 1.21. The quantitative estimate of drug-likeness (QED) is 0.889. The van der Waals surface area contributed by atoms with Crippen molar-refractivity contribution in [3.8, 4) is 0 Å². The van der Waals surface area contributed by atoms with E-state index in [2.05, 4.69) is 20.3 Å². The number of aromatic nitrogens is 3. The second-order valence-corrected chi connectivity index (χ2v) is 3.72. The summed E-state index contributed by atoms with van der Waals surface area (Å²) in [5.74, 6) is 2.05. The van der Waals surface area contributed by atoms with E-state index in [0.717, 1.165) is 11.5 Å².